The second-order valence-electron chi connectivity index (χ2n) is 5.06. The Kier molecular flexibility index (Phi) is 4.20. The van der Waals surface area contributed by atoms with Gasteiger partial charge >= 0.3 is 0 Å². The molecule has 0 bridgehead atoms. The van der Waals surface area contributed by atoms with E-state index in [0.29, 0.717) is 5.69 Å². The molecule has 5 heteroatoms. The van der Waals surface area contributed by atoms with Gasteiger partial charge in [0.05, 0.1) is 11.9 Å². The summed E-state index contributed by atoms with van der Waals surface area (Å²) >= 11 is 3.37. The molecule has 0 unspecified atom stereocenters. The van der Waals surface area contributed by atoms with Gasteiger partial charge in [-0.3, -0.25) is 4.79 Å². The molecule has 0 spiro atoms. The second-order valence-corrected chi connectivity index (χ2v) is 5.97. The van der Waals surface area contributed by atoms with E-state index in [1.165, 1.54) is 12.8 Å². The zero-order chi connectivity index (χ0) is 14.7. The van der Waals surface area contributed by atoms with Crippen LogP contribution in [0.15, 0.2) is 47.1 Å². The Balaban J connectivity index is 1.68. The predicted octanol–water partition coefficient (Wildman–Crippen LogP) is 3.70. The third kappa shape index (κ3) is 3.42. The van der Waals surface area contributed by atoms with Crippen molar-refractivity contribution in [3.8, 4) is 0 Å². The number of carbonyl (C=O) groups excluding carboxylic acids is 1. The molecule has 0 saturated carbocycles. The Morgan fingerprint density at radius 3 is 2.43 bits per heavy atom. The molecule has 0 aliphatic carbocycles. The summed E-state index contributed by atoms with van der Waals surface area (Å²) in [5.41, 5.74) is 2.28. The number of benzene rings is 1. The molecular formula is C16H16BrN3O. The van der Waals surface area contributed by atoms with E-state index in [9.17, 15) is 4.79 Å². The van der Waals surface area contributed by atoms with Gasteiger partial charge in [0.2, 0.25) is 0 Å². The van der Waals surface area contributed by atoms with Crippen LogP contribution in [0.1, 0.15) is 23.3 Å². The summed E-state index contributed by atoms with van der Waals surface area (Å²) in [6.45, 7) is 2.15. The topological polar surface area (TPSA) is 45.2 Å². The molecule has 1 fully saturated rings. The Bertz CT molecular complexity index is 619. The Labute approximate surface area is 132 Å². The zero-order valence-electron chi connectivity index (χ0n) is 11.6. The molecule has 3 rings (SSSR count). The lowest BCUT2D eigenvalue weighted by Crippen LogP contribution is -2.19. The predicted molar refractivity (Wildman–Crippen MR) is 87.8 cm³/mol. The van der Waals surface area contributed by atoms with Gasteiger partial charge in [-0.25, -0.2) is 4.98 Å². The minimum Gasteiger partial charge on any atom is -0.370 e. The second kappa shape index (κ2) is 6.26. The van der Waals surface area contributed by atoms with Crippen LogP contribution in [0.25, 0.3) is 0 Å². The van der Waals surface area contributed by atoms with Gasteiger partial charge in [0, 0.05) is 23.2 Å². The van der Waals surface area contributed by atoms with E-state index in [1.54, 1.807) is 12.3 Å². The van der Waals surface area contributed by atoms with Crippen molar-refractivity contribution in [3.05, 3.63) is 52.8 Å². The first-order valence-electron chi connectivity index (χ1n) is 7.00. The molecule has 21 heavy (non-hydrogen) atoms. The maximum Gasteiger partial charge on any atom is 0.274 e. The summed E-state index contributed by atoms with van der Waals surface area (Å²) in [7, 11) is 0. The van der Waals surface area contributed by atoms with Crippen LogP contribution in [-0.2, 0) is 0 Å². The highest BCUT2D eigenvalue weighted by Crippen LogP contribution is 2.19. The van der Waals surface area contributed by atoms with Crippen molar-refractivity contribution in [2.24, 2.45) is 0 Å². The van der Waals surface area contributed by atoms with Crippen LogP contribution >= 0.6 is 15.9 Å². The zero-order valence-corrected chi connectivity index (χ0v) is 13.1. The molecule has 1 amide bonds. The molecule has 4 nitrogen and oxygen atoms in total. The molecule has 1 aromatic heterocycles. The highest BCUT2D eigenvalue weighted by molar-refractivity contribution is 9.10. The quantitative estimate of drug-likeness (QED) is 0.922. The fraction of sp³-hybridized carbons (Fsp3) is 0.250. The lowest BCUT2D eigenvalue weighted by atomic mass is 10.2. The third-order valence-electron chi connectivity index (χ3n) is 3.55. The molecule has 0 atom stereocenters. The molecule has 0 radical (unpaired) electrons. The minimum atomic E-state index is -0.190. The molecule has 1 aromatic carbocycles. The van der Waals surface area contributed by atoms with Gasteiger partial charge in [-0.05, 0) is 49.2 Å². The Hall–Kier alpha value is -1.88. The number of aromatic nitrogens is 1. The van der Waals surface area contributed by atoms with Crippen molar-refractivity contribution in [2.75, 3.05) is 23.3 Å². The normalized spacial score (nSPS) is 14.2. The fourth-order valence-electron chi connectivity index (χ4n) is 2.41. The third-order valence-corrected chi connectivity index (χ3v) is 4.08. The molecular weight excluding hydrogens is 330 g/mol. The highest BCUT2D eigenvalue weighted by Gasteiger charge is 2.14. The van der Waals surface area contributed by atoms with Crippen molar-refractivity contribution in [3.63, 3.8) is 0 Å². The number of nitrogens with zero attached hydrogens (tertiary/aromatic N) is 2. The van der Waals surface area contributed by atoms with Crippen molar-refractivity contribution in [2.45, 2.75) is 12.8 Å². The summed E-state index contributed by atoms with van der Waals surface area (Å²) in [5, 5.41) is 2.84. The van der Waals surface area contributed by atoms with E-state index in [-0.39, 0.29) is 5.91 Å². The summed E-state index contributed by atoms with van der Waals surface area (Å²) in [4.78, 5) is 18.7. The monoisotopic (exact) mass is 345 g/mol. The average Bonchev–Trinajstić information content (AvgIpc) is 3.04. The molecule has 1 aliphatic rings. The number of carbonyl (C=O) groups is 1. The van der Waals surface area contributed by atoms with Crippen LogP contribution in [0.4, 0.5) is 11.4 Å². The first-order chi connectivity index (χ1) is 10.2. The summed E-state index contributed by atoms with van der Waals surface area (Å²) in [6, 6.07) is 11.2. The number of rotatable bonds is 3. The van der Waals surface area contributed by atoms with E-state index >= 15 is 0 Å². The molecule has 1 aliphatic heterocycles. The van der Waals surface area contributed by atoms with Crippen LogP contribution in [-0.4, -0.2) is 24.0 Å². The van der Waals surface area contributed by atoms with Gasteiger partial charge in [0.25, 0.3) is 5.91 Å². The van der Waals surface area contributed by atoms with E-state index in [1.807, 2.05) is 30.3 Å². The number of anilines is 2. The van der Waals surface area contributed by atoms with E-state index in [4.69, 9.17) is 0 Å². The lowest BCUT2D eigenvalue weighted by molar-refractivity contribution is 0.102. The summed E-state index contributed by atoms with van der Waals surface area (Å²) < 4.78 is 0.980. The highest BCUT2D eigenvalue weighted by atomic mass is 79.9. The van der Waals surface area contributed by atoms with Crippen LogP contribution in [0.3, 0.4) is 0 Å². The number of nitrogens with one attached hydrogen (secondary N) is 1. The first kappa shape index (κ1) is 14.1. The molecule has 2 aromatic rings. The molecule has 108 valence electrons. The van der Waals surface area contributed by atoms with E-state index < -0.39 is 0 Å². The van der Waals surface area contributed by atoms with Gasteiger partial charge in [-0.15, -0.1) is 0 Å². The summed E-state index contributed by atoms with van der Waals surface area (Å²) in [5.74, 6) is -0.190. The van der Waals surface area contributed by atoms with Gasteiger partial charge in [-0.1, -0.05) is 15.9 Å². The standard InChI is InChI=1S/C16H16BrN3O/c17-12-3-5-13(6-4-12)19-16(21)15-8-7-14(11-18-15)20-9-1-2-10-20/h3-8,11H,1-2,9-10H2,(H,19,21). The number of amides is 1. The van der Waals surface area contributed by atoms with Crippen LogP contribution < -0.4 is 10.2 Å². The van der Waals surface area contributed by atoms with Crippen molar-refractivity contribution < 1.29 is 4.79 Å². The van der Waals surface area contributed by atoms with Crippen LogP contribution in [0.5, 0.6) is 0 Å². The largest absolute Gasteiger partial charge is 0.370 e. The molecule has 1 N–H and O–H groups in total. The number of halogens is 1. The Morgan fingerprint density at radius 2 is 1.81 bits per heavy atom. The van der Waals surface area contributed by atoms with E-state index in [2.05, 4.69) is 31.1 Å². The van der Waals surface area contributed by atoms with Crippen LogP contribution in [0.2, 0.25) is 0 Å². The smallest absolute Gasteiger partial charge is 0.274 e. The van der Waals surface area contributed by atoms with Crippen molar-refractivity contribution in [1.82, 2.24) is 4.98 Å². The first-order valence-corrected chi connectivity index (χ1v) is 7.79. The van der Waals surface area contributed by atoms with Gasteiger partial charge in [0.1, 0.15) is 5.69 Å². The lowest BCUT2D eigenvalue weighted by Gasteiger charge is -2.16. The maximum absolute atomic E-state index is 12.1. The van der Waals surface area contributed by atoms with Gasteiger partial charge in [-0.2, -0.15) is 0 Å². The maximum atomic E-state index is 12.1. The van der Waals surface area contributed by atoms with E-state index in [0.717, 1.165) is 28.9 Å². The number of hydrogen-bond donors (Lipinski definition) is 1. The van der Waals surface area contributed by atoms with Crippen molar-refractivity contribution in [1.29, 1.82) is 0 Å². The molecule has 1 saturated heterocycles. The van der Waals surface area contributed by atoms with Gasteiger partial charge in [0.15, 0.2) is 0 Å². The summed E-state index contributed by atoms with van der Waals surface area (Å²) in [6.07, 6.45) is 4.24. The van der Waals surface area contributed by atoms with Crippen molar-refractivity contribution >= 4 is 33.2 Å². The Morgan fingerprint density at radius 1 is 1.10 bits per heavy atom. The SMILES string of the molecule is O=C(Nc1ccc(Br)cc1)c1ccc(N2CCCC2)cn1. The number of hydrogen-bond acceptors (Lipinski definition) is 3. The molecule has 2 heterocycles. The minimum absolute atomic E-state index is 0.190. The fourth-order valence-corrected chi connectivity index (χ4v) is 2.68. The number of pyridine rings is 1. The average molecular weight is 346 g/mol. The van der Waals surface area contributed by atoms with Crippen LogP contribution in [0, 0.1) is 0 Å². The van der Waals surface area contributed by atoms with Gasteiger partial charge < -0.3 is 10.2 Å².